The Labute approximate surface area is 118 Å². The molecule has 5 nitrogen and oxygen atoms in total. The van der Waals surface area contributed by atoms with Crippen LogP contribution in [0.3, 0.4) is 0 Å². The summed E-state index contributed by atoms with van der Waals surface area (Å²) in [7, 11) is 1.31. The van der Waals surface area contributed by atoms with E-state index in [1.54, 1.807) is 0 Å². The molecule has 0 aromatic rings. The summed E-state index contributed by atoms with van der Waals surface area (Å²) in [6.07, 6.45) is 5.29. The minimum atomic E-state index is -0.663. The first-order chi connectivity index (χ1) is 9.10. The van der Waals surface area contributed by atoms with Gasteiger partial charge >= 0.3 is 5.97 Å². The highest BCUT2D eigenvalue weighted by Crippen LogP contribution is 2.22. The van der Waals surface area contributed by atoms with E-state index in [2.05, 4.69) is 10.8 Å². The molecule has 0 saturated carbocycles. The number of allylic oxidation sites excluding steroid dienone is 2. The van der Waals surface area contributed by atoms with Crippen molar-refractivity contribution in [3.8, 4) is 0 Å². The number of rotatable bonds is 7. The summed E-state index contributed by atoms with van der Waals surface area (Å²) in [6, 6.07) is -0.663. The lowest BCUT2D eigenvalue weighted by Crippen LogP contribution is -2.35. The number of esters is 1. The monoisotopic (exact) mass is 286 g/mol. The average Bonchev–Trinajstić information content (AvgIpc) is 2.92. The number of amides is 1. The van der Waals surface area contributed by atoms with Gasteiger partial charge < -0.3 is 15.4 Å². The molecule has 0 saturated heterocycles. The first kappa shape index (κ1) is 16.0. The lowest BCUT2D eigenvalue weighted by molar-refractivity contribution is -0.141. The topological polar surface area (TPSA) is 72.6 Å². The summed E-state index contributed by atoms with van der Waals surface area (Å²) >= 11 is 1.37. The van der Waals surface area contributed by atoms with E-state index in [0.717, 1.165) is 25.0 Å². The molecule has 0 aliphatic heterocycles. The molecule has 0 fully saturated rings. The van der Waals surface area contributed by atoms with Gasteiger partial charge in [0.2, 0.25) is 5.91 Å². The van der Waals surface area contributed by atoms with E-state index < -0.39 is 12.0 Å². The van der Waals surface area contributed by atoms with E-state index in [4.69, 9.17) is 5.73 Å². The SMILES string of the molecule is CCN(C(=O)CSCC(N)C(=O)OC)C1=CCCC1. The third-order valence-corrected chi connectivity index (χ3v) is 4.05. The Morgan fingerprint density at radius 1 is 1.58 bits per heavy atom. The minimum absolute atomic E-state index is 0.0812. The van der Waals surface area contributed by atoms with Crippen LogP contribution in [0.5, 0.6) is 0 Å². The highest BCUT2D eigenvalue weighted by atomic mass is 32.2. The van der Waals surface area contributed by atoms with Crippen LogP contribution in [0.4, 0.5) is 0 Å². The molecule has 1 rings (SSSR count). The first-order valence-corrected chi connectivity index (χ1v) is 7.66. The van der Waals surface area contributed by atoms with Crippen LogP contribution in [0.2, 0.25) is 0 Å². The van der Waals surface area contributed by atoms with Crippen molar-refractivity contribution in [3.63, 3.8) is 0 Å². The minimum Gasteiger partial charge on any atom is -0.468 e. The molecular formula is C13H22N2O3S. The summed E-state index contributed by atoms with van der Waals surface area (Å²) in [5.41, 5.74) is 6.74. The number of methoxy groups -OCH3 is 1. The predicted molar refractivity (Wildman–Crippen MR) is 76.6 cm³/mol. The summed E-state index contributed by atoms with van der Waals surface area (Å²) in [6.45, 7) is 2.66. The molecule has 0 aromatic carbocycles. The molecule has 0 heterocycles. The fourth-order valence-corrected chi connectivity index (χ4v) is 2.85. The third-order valence-electron chi connectivity index (χ3n) is 3.01. The number of carbonyl (C=O) groups is 2. The Balaban J connectivity index is 2.35. The Hall–Kier alpha value is -1.01. The molecule has 2 N–H and O–H groups in total. The maximum absolute atomic E-state index is 12.1. The highest BCUT2D eigenvalue weighted by Gasteiger charge is 2.20. The van der Waals surface area contributed by atoms with E-state index >= 15 is 0 Å². The second-order valence-electron chi connectivity index (χ2n) is 4.37. The molecule has 108 valence electrons. The van der Waals surface area contributed by atoms with Crippen LogP contribution in [-0.2, 0) is 14.3 Å². The Bertz CT molecular complexity index is 358. The molecule has 1 unspecified atom stereocenters. The van der Waals surface area contributed by atoms with Gasteiger partial charge in [-0.05, 0) is 26.2 Å². The number of thioether (sulfide) groups is 1. The maximum atomic E-state index is 12.1. The molecule has 0 aromatic heterocycles. The lowest BCUT2D eigenvalue weighted by Gasteiger charge is -2.22. The normalized spacial score (nSPS) is 15.8. The van der Waals surface area contributed by atoms with Gasteiger partial charge in [0.1, 0.15) is 6.04 Å². The number of carbonyl (C=O) groups excluding carboxylic acids is 2. The van der Waals surface area contributed by atoms with Crippen molar-refractivity contribution in [1.29, 1.82) is 0 Å². The molecule has 0 radical (unpaired) electrons. The van der Waals surface area contributed by atoms with Crippen LogP contribution in [-0.4, -0.2) is 48.0 Å². The largest absolute Gasteiger partial charge is 0.468 e. The van der Waals surface area contributed by atoms with E-state index in [0.29, 0.717) is 18.1 Å². The van der Waals surface area contributed by atoms with Gasteiger partial charge in [-0.1, -0.05) is 6.08 Å². The molecule has 1 aliphatic rings. The molecule has 1 amide bonds. The van der Waals surface area contributed by atoms with Crippen LogP contribution < -0.4 is 5.73 Å². The van der Waals surface area contributed by atoms with Crippen molar-refractivity contribution in [2.24, 2.45) is 5.73 Å². The van der Waals surface area contributed by atoms with Gasteiger partial charge in [-0.3, -0.25) is 9.59 Å². The van der Waals surface area contributed by atoms with Gasteiger partial charge in [-0.2, -0.15) is 0 Å². The number of hydrogen-bond donors (Lipinski definition) is 1. The summed E-state index contributed by atoms with van der Waals surface area (Å²) in [4.78, 5) is 25.0. The molecular weight excluding hydrogens is 264 g/mol. The van der Waals surface area contributed by atoms with Gasteiger partial charge in [0.15, 0.2) is 0 Å². The summed E-state index contributed by atoms with van der Waals surface area (Å²) in [5.74, 6) is 0.383. The van der Waals surface area contributed by atoms with Crippen LogP contribution >= 0.6 is 11.8 Å². The van der Waals surface area contributed by atoms with E-state index in [-0.39, 0.29) is 5.91 Å². The number of ether oxygens (including phenoxy) is 1. The zero-order valence-corrected chi connectivity index (χ0v) is 12.4. The lowest BCUT2D eigenvalue weighted by atomic mass is 10.3. The average molecular weight is 286 g/mol. The van der Waals surface area contributed by atoms with Crippen molar-refractivity contribution in [2.75, 3.05) is 25.2 Å². The Morgan fingerprint density at radius 3 is 2.84 bits per heavy atom. The summed E-state index contributed by atoms with van der Waals surface area (Å²) in [5, 5.41) is 0. The van der Waals surface area contributed by atoms with Gasteiger partial charge in [-0.25, -0.2) is 0 Å². The van der Waals surface area contributed by atoms with Crippen LogP contribution in [0.25, 0.3) is 0 Å². The van der Waals surface area contributed by atoms with Crippen LogP contribution in [0.1, 0.15) is 26.2 Å². The van der Waals surface area contributed by atoms with E-state index in [1.165, 1.54) is 18.9 Å². The standard InChI is InChI=1S/C13H22N2O3S/c1-3-15(10-6-4-5-7-10)12(16)9-19-8-11(14)13(17)18-2/h6,11H,3-5,7-9,14H2,1-2H3. The molecule has 1 aliphatic carbocycles. The first-order valence-electron chi connectivity index (χ1n) is 6.50. The van der Waals surface area contributed by atoms with Gasteiger partial charge in [-0.15, -0.1) is 11.8 Å². The number of hydrogen-bond acceptors (Lipinski definition) is 5. The molecule has 19 heavy (non-hydrogen) atoms. The Kier molecular flexibility index (Phi) is 6.94. The predicted octanol–water partition coefficient (Wildman–Crippen LogP) is 1.14. The van der Waals surface area contributed by atoms with Gasteiger partial charge in [0, 0.05) is 18.0 Å². The zero-order chi connectivity index (χ0) is 14.3. The fourth-order valence-electron chi connectivity index (χ4n) is 2.01. The summed E-state index contributed by atoms with van der Waals surface area (Å²) < 4.78 is 4.54. The molecule has 0 spiro atoms. The van der Waals surface area contributed by atoms with Crippen molar-refractivity contribution < 1.29 is 14.3 Å². The van der Waals surface area contributed by atoms with E-state index in [1.807, 2.05) is 11.8 Å². The second kappa shape index (κ2) is 8.22. The quantitative estimate of drug-likeness (QED) is 0.710. The molecule has 1 atom stereocenters. The van der Waals surface area contributed by atoms with Gasteiger partial charge in [0.25, 0.3) is 0 Å². The third kappa shape index (κ3) is 4.87. The highest BCUT2D eigenvalue weighted by molar-refractivity contribution is 8.00. The van der Waals surface area contributed by atoms with E-state index in [9.17, 15) is 9.59 Å². The maximum Gasteiger partial charge on any atom is 0.323 e. The van der Waals surface area contributed by atoms with Crippen LogP contribution in [0, 0.1) is 0 Å². The number of nitrogens with two attached hydrogens (primary N) is 1. The van der Waals surface area contributed by atoms with Crippen molar-refractivity contribution >= 4 is 23.6 Å². The van der Waals surface area contributed by atoms with Gasteiger partial charge in [0.05, 0.1) is 12.9 Å². The van der Waals surface area contributed by atoms with Crippen molar-refractivity contribution in [2.45, 2.75) is 32.2 Å². The second-order valence-corrected chi connectivity index (χ2v) is 5.40. The zero-order valence-electron chi connectivity index (χ0n) is 11.6. The van der Waals surface area contributed by atoms with Crippen LogP contribution in [0.15, 0.2) is 11.8 Å². The molecule has 0 bridgehead atoms. The molecule has 6 heteroatoms. The Morgan fingerprint density at radius 2 is 2.32 bits per heavy atom. The van der Waals surface area contributed by atoms with Crippen molar-refractivity contribution in [3.05, 3.63) is 11.8 Å². The fraction of sp³-hybridized carbons (Fsp3) is 0.692. The number of nitrogens with zero attached hydrogens (tertiary/aromatic N) is 1. The smallest absolute Gasteiger partial charge is 0.323 e. The van der Waals surface area contributed by atoms with Crippen molar-refractivity contribution in [1.82, 2.24) is 4.90 Å².